The lowest BCUT2D eigenvalue weighted by Gasteiger charge is -2.15. The van der Waals surface area contributed by atoms with Crippen LogP contribution < -0.4 is 10.1 Å². The maximum Gasteiger partial charge on any atom is 0.245 e. The number of aliphatic hydroxyl groups is 2. The van der Waals surface area contributed by atoms with Gasteiger partial charge in [-0.05, 0) is 43.2 Å². The number of aliphatic hydroxyl groups excluding tert-OH is 2. The van der Waals surface area contributed by atoms with E-state index in [1.165, 1.54) is 0 Å². The van der Waals surface area contributed by atoms with Crippen LogP contribution in [0.3, 0.4) is 0 Å². The number of hydrogen-bond donors (Lipinski definition) is 3. The lowest BCUT2D eigenvalue weighted by atomic mass is 10.1. The molecule has 1 aromatic carbocycles. The van der Waals surface area contributed by atoms with Gasteiger partial charge in [0.2, 0.25) is 5.91 Å². The molecule has 1 unspecified atom stereocenters. The number of carbonyl (C=O) groups excluding carboxylic acids is 1. The summed E-state index contributed by atoms with van der Waals surface area (Å²) in [7, 11) is 0. The molecule has 1 aromatic rings. The van der Waals surface area contributed by atoms with Crippen molar-refractivity contribution >= 4 is 5.91 Å². The zero-order valence-corrected chi connectivity index (χ0v) is 10.6. The standard InChI is InChI=1S/C13H18NO4/c1-9-4-3-5-10(2)13(9)18-8-11(16)6-14-12(17)7-15/h4-5,11,15-16H,6-8H2,1-2H3,(H,14,17). The Bertz CT molecular complexity index is 386. The van der Waals surface area contributed by atoms with Crippen LogP contribution in [-0.4, -0.2) is 42.0 Å². The van der Waals surface area contributed by atoms with Gasteiger partial charge in [-0.2, -0.15) is 0 Å². The number of rotatable bonds is 6. The van der Waals surface area contributed by atoms with Crippen molar-refractivity contribution in [1.82, 2.24) is 5.32 Å². The summed E-state index contributed by atoms with van der Waals surface area (Å²) >= 11 is 0. The Labute approximate surface area is 106 Å². The summed E-state index contributed by atoms with van der Waals surface area (Å²) < 4.78 is 5.51. The second kappa shape index (κ2) is 6.98. The maximum atomic E-state index is 10.8. The minimum Gasteiger partial charge on any atom is -0.490 e. The van der Waals surface area contributed by atoms with Gasteiger partial charge < -0.3 is 20.3 Å². The number of nitrogens with one attached hydrogen (secondary N) is 1. The molecule has 0 saturated carbocycles. The fraction of sp³-hybridized carbons (Fsp3) is 0.462. The third-order valence-electron chi connectivity index (χ3n) is 2.41. The minimum atomic E-state index is -0.816. The van der Waals surface area contributed by atoms with Crippen LogP contribution in [0.15, 0.2) is 12.1 Å². The molecule has 1 amide bonds. The van der Waals surface area contributed by atoms with Crippen LogP contribution in [0.2, 0.25) is 0 Å². The Kier molecular flexibility index (Phi) is 5.61. The van der Waals surface area contributed by atoms with E-state index in [9.17, 15) is 9.90 Å². The van der Waals surface area contributed by atoms with Gasteiger partial charge in [0.15, 0.2) is 0 Å². The normalized spacial score (nSPS) is 12.0. The van der Waals surface area contributed by atoms with E-state index in [1.54, 1.807) is 0 Å². The Hall–Kier alpha value is -1.59. The maximum absolute atomic E-state index is 10.8. The van der Waals surface area contributed by atoms with E-state index in [2.05, 4.69) is 11.4 Å². The molecule has 0 spiro atoms. The predicted molar refractivity (Wildman–Crippen MR) is 66.3 cm³/mol. The van der Waals surface area contributed by atoms with E-state index >= 15 is 0 Å². The van der Waals surface area contributed by atoms with Crippen molar-refractivity contribution in [2.75, 3.05) is 19.8 Å². The summed E-state index contributed by atoms with van der Waals surface area (Å²) in [4.78, 5) is 10.8. The minimum absolute atomic E-state index is 0.0520. The van der Waals surface area contributed by atoms with Gasteiger partial charge in [0.05, 0.1) is 0 Å². The summed E-state index contributed by atoms with van der Waals surface area (Å²) in [5.41, 5.74) is 1.89. The van der Waals surface area contributed by atoms with Crippen LogP contribution in [0.5, 0.6) is 5.75 Å². The Morgan fingerprint density at radius 2 is 2.06 bits per heavy atom. The highest BCUT2D eigenvalue weighted by molar-refractivity contribution is 5.76. The van der Waals surface area contributed by atoms with Gasteiger partial charge in [0.25, 0.3) is 0 Å². The quantitative estimate of drug-likeness (QED) is 0.663. The molecule has 5 heteroatoms. The van der Waals surface area contributed by atoms with E-state index < -0.39 is 18.6 Å². The van der Waals surface area contributed by atoms with Crippen molar-refractivity contribution in [3.05, 3.63) is 29.3 Å². The second-order valence-corrected chi connectivity index (χ2v) is 4.08. The van der Waals surface area contributed by atoms with Crippen LogP contribution in [0, 0.1) is 19.9 Å². The van der Waals surface area contributed by atoms with Crippen molar-refractivity contribution in [2.24, 2.45) is 0 Å². The van der Waals surface area contributed by atoms with Gasteiger partial charge in [0, 0.05) is 6.54 Å². The molecule has 1 rings (SSSR count). The molecule has 0 aliphatic carbocycles. The number of hydrogen-bond acceptors (Lipinski definition) is 4. The van der Waals surface area contributed by atoms with Crippen LogP contribution in [0.4, 0.5) is 0 Å². The van der Waals surface area contributed by atoms with Crippen LogP contribution >= 0.6 is 0 Å². The summed E-state index contributed by atoms with van der Waals surface area (Å²) in [6.45, 7) is 3.35. The molecule has 99 valence electrons. The van der Waals surface area contributed by atoms with Crippen LogP contribution in [0.1, 0.15) is 11.1 Å². The Morgan fingerprint density at radius 1 is 1.44 bits per heavy atom. The summed E-state index contributed by atoms with van der Waals surface area (Å²) in [5, 5.41) is 20.5. The highest BCUT2D eigenvalue weighted by Gasteiger charge is 2.09. The van der Waals surface area contributed by atoms with Crippen molar-refractivity contribution in [3.8, 4) is 5.75 Å². The molecule has 0 fully saturated rings. The average molecular weight is 252 g/mol. The molecule has 18 heavy (non-hydrogen) atoms. The van der Waals surface area contributed by atoms with Crippen LogP contribution in [0.25, 0.3) is 0 Å². The van der Waals surface area contributed by atoms with Gasteiger partial charge in [0.1, 0.15) is 25.1 Å². The predicted octanol–water partition coefficient (Wildman–Crippen LogP) is -0.0482. The van der Waals surface area contributed by atoms with E-state index in [0.29, 0.717) is 0 Å². The zero-order chi connectivity index (χ0) is 13.5. The highest BCUT2D eigenvalue weighted by atomic mass is 16.5. The summed E-state index contributed by atoms with van der Waals surface area (Å²) in [6, 6.07) is 6.59. The SMILES string of the molecule is Cc1c[c]cc(C)c1OCC(O)CNC(=O)CO. The van der Waals surface area contributed by atoms with Crippen LogP contribution in [-0.2, 0) is 4.79 Å². The first kappa shape index (κ1) is 14.5. The molecule has 0 aliphatic heterocycles. The molecule has 0 heterocycles. The first-order chi connectivity index (χ1) is 8.54. The van der Waals surface area contributed by atoms with Gasteiger partial charge in [-0.3, -0.25) is 4.79 Å². The van der Waals surface area contributed by atoms with Crippen molar-refractivity contribution in [1.29, 1.82) is 0 Å². The smallest absolute Gasteiger partial charge is 0.245 e. The molecule has 0 saturated heterocycles. The number of benzene rings is 1. The Morgan fingerprint density at radius 3 is 2.61 bits per heavy atom. The van der Waals surface area contributed by atoms with E-state index in [0.717, 1.165) is 16.9 Å². The average Bonchev–Trinajstić information content (AvgIpc) is 2.35. The molecule has 1 atom stereocenters. The molecule has 3 N–H and O–H groups in total. The lowest BCUT2D eigenvalue weighted by molar-refractivity contribution is -0.124. The molecule has 1 radical (unpaired) electrons. The van der Waals surface area contributed by atoms with E-state index in [1.807, 2.05) is 26.0 Å². The fourth-order valence-electron chi connectivity index (χ4n) is 1.49. The largest absolute Gasteiger partial charge is 0.490 e. The third kappa shape index (κ3) is 4.35. The number of amides is 1. The highest BCUT2D eigenvalue weighted by Crippen LogP contribution is 2.21. The lowest BCUT2D eigenvalue weighted by Crippen LogP contribution is -2.36. The Balaban J connectivity index is 2.43. The van der Waals surface area contributed by atoms with Gasteiger partial charge in [-0.1, -0.05) is 0 Å². The molecule has 0 bridgehead atoms. The molecule has 0 aliphatic rings. The van der Waals surface area contributed by atoms with Gasteiger partial charge >= 0.3 is 0 Å². The molecular weight excluding hydrogens is 234 g/mol. The van der Waals surface area contributed by atoms with Gasteiger partial charge in [-0.15, -0.1) is 0 Å². The number of carbonyl (C=O) groups is 1. The fourth-order valence-corrected chi connectivity index (χ4v) is 1.49. The zero-order valence-electron chi connectivity index (χ0n) is 10.6. The first-order valence-electron chi connectivity index (χ1n) is 5.70. The first-order valence-corrected chi connectivity index (χ1v) is 5.70. The number of aryl methyl sites for hydroxylation is 2. The van der Waals surface area contributed by atoms with E-state index in [4.69, 9.17) is 9.84 Å². The topological polar surface area (TPSA) is 78.8 Å². The van der Waals surface area contributed by atoms with Crippen molar-refractivity contribution in [3.63, 3.8) is 0 Å². The summed E-state index contributed by atoms with van der Waals surface area (Å²) in [6.07, 6.45) is -0.816. The molecular formula is C13H18NO4. The van der Waals surface area contributed by atoms with Crippen molar-refractivity contribution < 1.29 is 19.7 Å². The van der Waals surface area contributed by atoms with Crippen molar-refractivity contribution in [2.45, 2.75) is 20.0 Å². The third-order valence-corrected chi connectivity index (χ3v) is 2.41. The second-order valence-electron chi connectivity index (χ2n) is 4.08. The van der Waals surface area contributed by atoms with Gasteiger partial charge in [-0.25, -0.2) is 0 Å². The monoisotopic (exact) mass is 252 g/mol. The molecule has 0 aromatic heterocycles. The van der Waals surface area contributed by atoms with E-state index in [-0.39, 0.29) is 13.2 Å². The summed E-state index contributed by atoms with van der Waals surface area (Å²) in [5.74, 6) is 0.206. The molecule has 5 nitrogen and oxygen atoms in total. The number of ether oxygens (including phenoxy) is 1.